The van der Waals surface area contributed by atoms with Gasteiger partial charge in [-0.05, 0) is 12.1 Å². The molecular weight excluding hydrogens is 210 g/mol. The highest BCUT2D eigenvalue weighted by atomic mass is 28.4. The van der Waals surface area contributed by atoms with Gasteiger partial charge in [0.25, 0.3) is 0 Å². The molecule has 84 valence electrons. The number of nitrogens with zero attached hydrogens (tertiary/aromatic N) is 1. The molecule has 0 aliphatic rings. The third kappa shape index (κ3) is 2.38. The zero-order valence-electron chi connectivity index (χ0n) is 9.56. The van der Waals surface area contributed by atoms with E-state index in [0.717, 1.165) is 5.69 Å². The molecule has 0 saturated heterocycles. The van der Waals surface area contributed by atoms with E-state index in [-0.39, 0.29) is 0 Å². The summed E-state index contributed by atoms with van der Waals surface area (Å²) in [6, 6.07) is 9.86. The van der Waals surface area contributed by atoms with Gasteiger partial charge in [-0.2, -0.15) is 0 Å². The zero-order chi connectivity index (χ0) is 11.3. The molecule has 0 radical (unpaired) electrons. The molecule has 0 fully saturated rings. The van der Waals surface area contributed by atoms with Crippen molar-refractivity contribution in [1.29, 1.82) is 0 Å². The van der Waals surface area contributed by atoms with Crippen LogP contribution in [0.2, 0.25) is 0 Å². The summed E-state index contributed by atoms with van der Waals surface area (Å²) in [6.45, 7) is 0. The Morgan fingerprint density at radius 1 is 0.933 bits per heavy atom. The Labute approximate surface area is 91.8 Å². The maximum Gasteiger partial charge on any atom is 0.632 e. The summed E-state index contributed by atoms with van der Waals surface area (Å²) >= 11 is 0. The van der Waals surface area contributed by atoms with E-state index in [0.29, 0.717) is 0 Å². The lowest BCUT2D eigenvalue weighted by molar-refractivity contribution is 0.123. The van der Waals surface area contributed by atoms with E-state index in [1.807, 2.05) is 41.9 Å². The molecule has 0 aromatic heterocycles. The standard InChI is InChI=1S/C10H17NO3Si/c1-11(10-8-6-5-7-9-10)15(12-2,13-3)14-4/h5-9H,1-4H3. The fraction of sp³-hybridized carbons (Fsp3) is 0.400. The molecule has 0 heterocycles. The summed E-state index contributed by atoms with van der Waals surface area (Å²) in [6.07, 6.45) is 0. The smallest absolute Gasteiger partial charge is 0.360 e. The normalized spacial score (nSPS) is 11.5. The van der Waals surface area contributed by atoms with E-state index in [1.54, 1.807) is 21.3 Å². The van der Waals surface area contributed by atoms with Gasteiger partial charge in [-0.15, -0.1) is 0 Å². The van der Waals surface area contributed by atoms with Crippen molar-refractivity contribution in [3.63, 3.8) is 0 Å². The van der Waals surface area contributed by atoms with Crippen LogP contribution in [0.25, 0.3) is 0 Å². The first-order chi connectivity index (χ1) is 7.20. The number of hydrogen-bond donors (Lipinski definition) is 0. The van der Waals surface area contributed by atoms with Crippen LogP contribution in [0.5, 0.6) is 0 Å². The minimum atomic E-state index is -2.73. The third-order valence-electron chi connectivity index (χ3n) is 2.33. The second-order valence-corrected chi connectivity index (χ2v) is 5.97. The molecule has 0 aliphatic carbocycles. The van der Waals surface area contributed by atoms with E-state index in [1.165, 1.54) is 0 Å². The van der Waals surface area contributed by atoms with Gasteiger partial charge >= 0.3 is 8.97 Å². The zero-order valence-corrected chi connectivity index (χ0v) is 10.6. The van der Waals surface area contributed by atoms with E-state index in [9.17, 15) is 0 Å². The van der Waals surface area contributed by atoms with Crippen LogP contribution in [-0.2, 0) is 13.3 Å². The van der Waals surface area contributed by atoms with Crippen molar-refractivity contribution in [3.8, 4) is 0 Å². The Morgan fingerprint density at radius 2 is 1.40 bits per heavy atom. The number of anilines is 1. The Hall–Kier alpha value is -0.883. The average molecular weight is 227 g/mol. The van der Waals surface area contributed by atoms with Gasteiger partial charge in [0, 0.05) is 34.1 Å². The summed E-state index contributed by atoms with van der Waals surface area (Å²) in [7, 11) is 3.96. The lowest BCUT2D eigenvalue weighted by Crippen LogP contribution is -2.58. The van der Waals surface area contributed by atoms with Crippen molar-refractivity contribution in [2.24, 2.45) is 0 Å². The van der Waals surface area contributed by atoms with E-state index < -0.39 is 8.97 Å². The summed E-state index contributed by atoms with van der Waals surface area (Å²) in [4.78, 5) is 0. The summed E-state index contributed by atoms with van der Waals surface area (Å²) in [5.41, 5.74) is 1.01. The van der Waals surface area contributed by atoms with E-state index in [2.05, 4.69) is 0 Å². The molecule has 1 aromatic carbocycles. The highest BCUT2D eigenvalue weighted by Crippen LogP contribution is 2.20. The second-order valence-electron chi connectivity index (χ2n) is 3.03. The van der Waals surface area contributed by atoms with Crippen LogP contribution >= 0.6 is 0 Å². The average Bonchev–Trinajstić information content (AvgIpc) is 2.33. The monoisotopic (exact) mass is 227 g/mol. The topological polar surface area (TPSA) is 30.9 Å². The van der Waals surface area contributed by atoms with Crippen molar-refractivity contribution in [2.45, 2.75) is 0 Å². The Bertz CT molecular complexity index is 282. The predicted octanol–water partition coefficient (Wildman–Crippen LogP) is 1.50. The first-order valence-electron chi connectivity index (χ1n) is 4.64. The highest BCUT2D eigenvalue weighted by Gasteiger charge is 2.45. The minimum absolute atomic E-state index is 1.01. The van der Waals surface area contributed by atoms with Gasteiger partial charge in [0.2, 0.25) is 0 Å². The number of hydrogen-bond acceptors (Lipinski definition) is 4. The van der Waals surface area contributed by atoms with Crippen molar-refractivity contribution in [2.75, 3.05) is 32.9 Å². The van der Waals surface area contributed by atoms with Gasteiger partial charge in [-0.3, -0.25) is 0 Å². The Morgan fingerprint density at radius 3 is 1.80 bits per heavy atom. The molecule has 0 N–H and O–H groups in total. The lowest BCUT2D eigenvalue weighted by Gasteiger charge is -2.33. The number of para-hydroxylation sites is 1. The Kier molecular flexibility index (Phi) is 4.28. The maximum atomic E-state index is 5.37. The van der Waals surface area contributed by atoms with E-state index >= 15 is 0 Å². The van der Waals surface area contributed by atoms with Crippen molar-refractivity contribution in [1.82, 2.24) is 0 Å². The first kappa shape index (κ1) is 12.2. The largest absolute Gasteiger partial charge is 0.632 e. The van der Waals surface area contributed by atoms with Gasteiger partial charge in [0.1, 0.15) is 0 Å². The predicted molar refractivity (Wildman–Crippen MR) is 61.6 cm³/mol. The third-order valence-corrected chi connectivity index (χ3v) is 4.96. The molecular formula is C10H17NO3Si. The molecule has 1 rings (SSSR count). The van der Waals surface area contributed by atoms with Gasteiger partial charge in [-0.25, -0.2) is 0 Å². The van der Waals surface area contributed by atoms with Gasteiger partial charge in [0.05, 0.1) is 0 Å². The lowest BCUT2D eigenvalue weighted by atomic mass is 10.3. The summed E-state index contributed by atoms with van der Waals surface area (Å²) in [5.74, 6) is 0. The molecule has 0 amide bonds. The molecule has 0 aliphatic heterocycles. The molecule has 0 saturated carbocycles. The molecule has 5 heteroatoms. The van der Waals surface area contributed by atoms with Crippen molar-refractivity contribution in [3.05, 3.63) is 30.3 Å². The molecule has 0 spiro atoms. The fourth-order valence-corrected chi connectivity index (χ4v) is 3.26. The number of benzene rings is 1. The van der Waals surface area contributed by atoms with Crippen LogP contribution in [0.4, 0.5) is 5.69 Å². The van der Waals surface area contributed by atoms with Crippen LogP contribution < -0.4 is 4.57 Å². The van der Waals surface area contributed by atoms with Crippen molar-refractivity contribution < 1.29 is 13.3 Å². The second kappa shape index (κ2) is 5.27. The first-order valence-corrected chi connectivity index (χ1v) is 6.31. The molecule has 0 unspecified atom stereocenters. The Balaban J connectivity index is 2.95. The number of rotatable bonds is 5. The maximum absolute atomic E-state index is 5.37. The van der Waals surface area contributed by atoms with E-state index in [4.69, 9.17) is 13.3 Å². The van der Waals surface area contributed by atoms with Crippen LogP contribution in [0, 0.1) is 0 Å². The SMILES string of the molecule is CO[Si](OC)(OC)N(C)c1ccccc1. The van der Waals surface area contributed by atoms with Crippen molar-refractivity contribution >= 4 is 14.7 Å². The highest BCUT2D eigenvalue weighted by molar-refractivity contribution is 6.64. The molecule has 15 heavy (non-hydrogen) atoms. The van der Waals surface area contributed by atoms with Crippen LogP contribution in [0.3, 0.4) is 0 Å². The van der Waals surface area contributed by atoms with Crippen LogP contribution in [-0.4, -0.2) is 37.3 Å². The summed E-state index contributed by atoms with van der Waals surface area (Å²) in [5, 5.41) is 0. The van der Waals surface area contributed by atoms with Crippen LogP contribution in [0.15, 0.2) is 30.3 Å². The van der Waals surface area contributed by atoms with Gasteiger partial charge in [-0.1, -0.05) is 18.2 Å². The minimum Gasteiger partial charge on any atom is -0.360 e. The van der Waals surface area contributed by atoms with Gasteiger partial charge < -0.3 is 17.8 Å². The molecule has 1 aromatic rings. The quantitative estimate of drug-likeness (QED) is 0.713. The molecule has 4 nitrogen and oxygen atoms in total. The fourth-order valence-electron chi connectivity index (χ4n) is 1.47. The molecule has 0 bridgehead atoms. The molecule has 0 atom stereocenters. The summed E-state index contributed by atoms with van der Waals surface area (Å²) < 4.78 is 18.0. The van der Waals surface area contributed by atoms with Crippen LogP contribution in [0.1, 0.15) is 0 Å². The van der Waals surface area contributed by atoms with Gasteiger partial charge in [0.15, 0.2) is 0 Å².